The standard InChI is InChI=1S/C15H17FN2O2/c16-11-4-3-5-12(10-11)17-13(19)15(6-7-15)14(20)18-8-1-2-9-18/h3-5,10H,1-2,6-9H2,(H,17,19). The van der Waals surface area contributed by atoms with Crippen LogP contribution >= 0.6 is 0 Å². The molecule has 1 heterocycles. The number of halogens is 1. The molecular formula is C15H17FN2O2. The van der Waals surface area contributed by atoms with Gasteiger partial charge in [-0.15, -0.1) is 0 Å². The zero-order valence-corrected chi connectivity index (χ0v) is 11.2. The summed E-state index contributed by atoms with van der Waals surface area (Å²) in [5.41, 5.74) is -0.507. The Morgan fingerprint density at radius 1 is 1.20 bits per heavy atom. The van der Waals surface area contributed by atoms with Gasteiger partial charge in [0, 0.05) is 18.8 Å². The third-order valence-corrected chi connectivity index (χ3v) is 4.07. The van der Waals surface area contributed by atoms with Gasteiger partial charge in [0.05, 0.1) is 0 Å². The van der Waals surface area contributed by atoms with Crippen molar-refractivity contribution < 1.29 is 14.0 Å². The van der Waals surface area contributed by atoms with Crippen molar-refractivity contribution in [3.8, 4) is 0 Å². The summed E-state index contributed by atoms with van der Waals surface area (Å²) in [6.45, 7) is 1.49. The van der Waals surface area contributed by atoms with Crippen LogP contribution in [-0.4, -0.2) is 29.8 Å². The Kier molecular flexibility index (Phi) is 3.20. The van der Waals surface area contributed by atoms with Gasteiger partial charge in [-0.3, -0.25) is 9.59 Å². The van der Waals surface area contributed by atoms with Gasteiger partial charge < -0.3 is 10.2 Å². The molecule has 2 aliphatic rings. The van der Waals surface area contributed by atoms with Crippen molar-refractivity contribution in [1.29, 1.82) is 0 Å². The van der Waals surface area contributed by atoms with Crippen molar-refractivity contribution in [1.82, 2.24) is 4.90 Å². The number of anilines is 1. The molecule has 0 bridgehead atoms. The molecule has 4 nitrogen and oxygen atoms in total. The molecule has 5 heteroatoms. The first kappa shape index (κ1) is 13.1. The van der Waals surface area contributed by atoms with Gasteiger partial charge >= 0.3 is 0 Å². The van der Waals surface area contributed by atoms with E-state index in [2.05, 4.69) is 5.32 Å². The average molecular weight is 276 g/mol. The van der Waals surface area contributed by atoms with Gasteiger partial charge in [-0.25, -0.2) is 4.39 Å². The Hall–Kier alpha value is -1.91. The molecule has 1 aliphatic heterocycles. The van der Waals surface area contributed by atoms with E-state index in [1.165, 1.54) is 18.2 Å². The van der Waals surface area contributed by atoms with Crippen LogP contribution in [0.3, 0.4) is 0 Å². The lowest BCUT2D eigenvalue weighted by Gasteiger charge is -2.22. The number of carbonyl (C=O) groups is 2. The maximum atomic E-state index is 13.1. The van der Waals surface area contributed by atoms with Crippen LogP contribution in [0, 0.1) is 11.2 Å². The highest BCUT2D eigenvalue weighted by Gasteiger charge is 2.58. The monoisotopic (exact) mass is 276 g/mol. The van der Waals surface area contributed by atoms with Gasteiger partial charge in [-0.1, -0.05) is 6.07 Å². The van der Waals surface area contributed by atoms with Crippen molar-refractivity contribution in [2.24, 2.45) is 5.41 Å². The number of carbonyl (C=O) groups excluding carboxylic acids is 2. The Morgan fingerprint density at radius 3 is 2.50 bits per heavy atom. The summed E-state index contributed by atoms with van der Waals surface area (Å²) in [6.07, 6.45) is 3.19. The molecule has 1 aromatic carbocycles. The van der Waals surface area contributed by atoms with E-state index in [9.17, 15) is 14.0 Å². The number of hydrogen-bond donors (Lipinski definition) is 1. The normalized spacial score (nSPS) is 19.8. The zero-order valence-electron chi connectivity index (χ0n) is 11.2. The van der Waals surface area contributed by atoms with E-state index in [4.69, 9.17) is 0 Å². The molecule has 0 spiro atoms. The molecule has 1 saturated heterocycles. The van der Waals surface area contributed by atoms with Crippen LogP contribution in [-0.2, 0) is 9.59 Å². The lowest BCUT2D eigenvalue weighted by Crippen LogP contribution is -2.41. The molecule has 0 unspecified atom stereocenters. The maximum Gasteiger partial charge on any atom is 0.240 e. The lowest BCUT2D eigenvalue weighted by molar-refractivity contribution is -0.141. The van der Waals surface area contributed by atoms with Crippen LogP contribution in [0.5, 0.6) is 0 Å². The van der Waals surface area contributed by atoms with Crippen LogP contribution in [0.4, 0.5) is 10.1 Å². The molecule has 1 aliphatic carbocycles. The van der Waals surface area contributed by atoms with Gasteiger partial charge in [-0.2, -0.15) is 0 Å². The molecule has 0 atom stereocenters. The molecule has 1 N–H and O–H groups in total. The summed E-state index contributed by atoms with van der Waals surface area (Å²) < 4.78 is 13.1. The highest BCUT2D eigenvalue weighted by molar-refractivity contribution is 6.13. The molecule has 0 aromatic heterocycles. The third kappa shape index (κ3) is 2.28. The van der Waals surface area contributed by atoms with E-state index >= 15 is 0 Å². The van der Waals surface area contributed by atoms with Gasteiger partial charge in [0.2, 0.25) is 11.8 Å². The van der Waals surface area contributed by atoms with Crippen LogP contribution in [0.25, 0.3) is 0 Å². The quantitative estimate of drug-likeness (QED) is 0.860. The minimum absolute atomic E-state index is 0.0658. The minimum Gasteiger partial charge on any atom is -0.342 e. The fourth-order valence-electron chi connectivity index (χ4n) is 2.70. The fourth-order valence-corrected chi connectivity index (χ4v) is 2.70. The smallest absolute Gasteiger partial charge is 0.240 e. The first-order valence-corrected chi connectivity index (χ1v) is 6.98. The zero-order chi connectivity index (χ0) is 14.2. The highest BCUT2D eigenvalue weighted by atomic mass is 19.1. The molecular weight excluding hydrogens is 259 g/mol. The molecule has 2 amide bonds. The predicted molar refractivity (Wildman–Crippen MR) is 72.5 cm³/mol. The van der Waals surface area contributed by atoms with E-state index in [0.717, 1.165) is 25.9 Å². The summed E-state index contributed by atoms with van der Waals surface area (Å²) in [6, 6.07) is 5.73. The topological polar surface area (TPSA) is 49.4 Å². The van der Waals surface area contributed by atoms with Crippen molar-refractivity contribution in [3.05, 3.63) is 30.1 Å². The number of nitrogens with one attached hydrogen (secondary N) is 1. The molecule has 0 radical (unpaired) electrons. The predicted octanol–water partition coefficient (Wildman–Crippen LogP) is 2.17. The summed E-state index contributed by atoms with van der Waals surface area (Å²) >= 11 is 0. The van der Waals surface area contributed by atoms with Gasteiger partial charge in [-0.05, 0) is 43.9 Å². The molecule has 20 heavy (non-hydrogen) atoms. The first-order valence-electron chi connectivity index (χ1n) is 6.98. The SMILES string of the molecule is O=C(Nc1cccc(F)c1)C1(C(=O)N2CCCC2)CC1. The number of amides is 2. The van der Waals surface area contributed by atoms with Gasteiger partial charge in [0.15, 0.2) is 0 Å². The average Bonchev–Trinajstić information content (AvgIpc) is 3.06. The largest absolute Gasteiger partial charge is 0.342 e. The molecule has 2 fully saturated rings. The summed E-state index contributed by atoms with van der Waals surface area (Å²) in [7, 11) is 0. The lowest BCUT2D eigenvalue weighted by atomic mass is 10.0. The van der Waals surface area contributed by atoms with Crippen molar-refractivity contribution >= 4 is 17.5 Å². The van der Waals surface area contributed by atoms with Crippen molar-refractivity contribution in [3.63, 3.8) is 0 Å². The van der Waals surface area contributed by atoms with Crippen molar-refractivity contribution in [2.45, 2.75) is 25.7 Å². The maximum absolute atomic E-state index is 13.1. The molecule has 106 valence electrons. The van der Waals surface area contributed by atoms with Gasteiger partial charge in [0.1, 0.15) is 11.2 Å². The second-order valence-corrected chi connectivity index (χ2v) is 5.55. The number of nitrogens with zero attached hydrogens (tertiary/aromatic N) is 1. The van der Waals surface area contributed by atoms with Crippen LogP contribution in [0.2, 0.25) is 0 Å². The van der Waals surface area contributed by atoms with Gasteiger partial charge in [0.25, 0.3) is 0 Å². The minimum atomic E-state index is -0.906. The number of benzene rings is 1. The van der Waals surface area contributed by atoms with E-state index in [-0.39, 0.29) is 11.8 Å². The van der Waals surface area contributed by atoms with Crippen LogP contribution in [0.1, 0.15) is 25.7 Å². The first-order chi connectivity index (χ1) is 9.62. The highest BCUT2D eigenvalue weighted by Crippen LogP contribution is 2.48. The molecule has 1 aromatic rings. The summed E-state index contributed by atoms with van der Waals surface area (Å²) in [5, 5.41) is 2.66. The van der Waals surface area contributed by atoms with Crippen LogP contribution in [0.15, 0.2) is 24.3 Å². The second kappa shape index (κ2) is 4.89. The Morgan fingerprint density at radius 2 is 1.90 bits per heavy atom. The second-order valence-electron chi connectivity index (χ2n) is 5.55. The molecule has 1 saturated carbocycles. The van der Waals surface area contributed by atoms with Crippen molar-refractivity contribution in [2.75, 3.05) is 18.4 Å². The number of rotatable bonds is 3. The molecule has 3 rings (SSSR count). The Labute approximate surface area is 117 Å². The Balaban J connectivity index is 1.71. The van der Waals surface area contributed by atoms with Crippen LogP contribution < -0.4 is 5.32 Å². The number of hydrogen-bond acceptors (Lipinski definition) is 2. The summed E-state index contributed by atoms with van der Waals surface area (Å²) in [4.78, 5) is 26.5. The number of likely N-dealkylation sites (tertiary alicyclic amines) is 1. The van der Waals surface area contributed by atoms with E-state index < -0.39 is 11.2 Å². The summed E-state index contributed by atoms with van der Waals surface area (Å²) in [5.74, 6) is -0.776. The van der Waals surface area contributed by atoms with E-state index in [0.29, 0.717) is 18.5 Å². The Bertz CT molecular complexity index is 549. The van der Waals surface area contributed by atoms with E-state index in [1.807, 2.05) is 0 Å². The fraction of sp³-hybridized carbons (Fsp3) is 0.467. The third-order valence-electron chi connectivity index (χ3n) is 4.07. The van der Waals surface area contributed by atoms with E-state index in [1.54, 1.807) is 11.0 Å².